The van der Waals surface area contributed by atoms with E-state index in [1.807, 2.05) is 6.07 Å². The minimum absolute atomic E-state index is 0.199. The molecule has 0 aliphatic carbocycles. The zero-order chi connectivity index (χ0) is 12.3. The first kappa shape index (κ1) is 11.4. The molecule has 2 atom stereocenters. The molecule has 0 radical (unpaired) electrons. The number of rotatable bonds is 3. The first-order valence-corrected chi connectivity index (χ1v) is 5.15. The maximum Gasteiger partial charge on any atom is 0.311 e. The van der Waals surface area contributed by atoms with Crippen LogP contribution in [0, 0.1) is 17.2 Å². The lowest BCUT2D eigenvalue weighted by Gasteiger charge is -2.16. The summed E-state index contributed by atoms with van der Waals surface area (Å²) in [5.41, 5.74) is 0.292. The average Bonchev–Trinajstić information content (AvgIpc) is 2.77. The van der Waals surface area contributed by atoms with Crippen LogP contribution in [-0.2, 0) is 9.53 Å². The van der Waals surface area contributed by atoms with E-state index in [1.165, 1.54) is 0 Å². The van der Waals surface area contributed by atoms with E-state index in [4.69, 9.17) is 15.1 Å². The molecule has 2 N–H and O–H groups in total. The van der Waals surface area contributed by atoms with Gasteiger partial charge in [-0.1, -0.05) is 6.07 Å². The van der Waals surface area contributed by atoms with Crippen molar-refractivity contribution in [3.8, 4) is 6.07 Å². The number of anilines is 1. The number of aliphatic carboxylic acids is 1. The van der Waals surface area contributed by atoms with Crippen molar-refractivity contribution in [1.82, 2.24) is 4.98 Å². The average molecular weight is 233 g/mol. The molecule has 1 fully saturated rings. The van der Waals surface area contributed by atoms with Crippen LogP contribution >= 0.6 is 0 Å². The van der Waals surface area contributed by atoms with Gasteiger partial charge in [0, 0.05) is 0 Å². The molecular formula is C11H11N3O3. The fourth-order valence-corrected chi connectivity index (χ4v) is 1.71. The molecule has 2 rings (SSSR count). The summed E-state index contributed by atoms with van der Waals surface area (Å²) in [7, 11) is 0. The molecule has 6 heteroatoms. The number of carboxylic acids is 1. The molecule has 6 nitrogen and oxygen atoms in total. The van der Waals surface area contributed by atoms with Crippen LogP contribution in [0.3, 0.4) is 0 Å². The molecule has 1 saturated heterocycles. The van der Waals surface area contributed by atoms with Crippen molar-refractivity contribution in [1.29, 1.82) is 5.26 Å². The Hall–Kier alpha value is -2.13. The van der Waals surface area contributed by atoms with Crippen LogP contribution in [0.25, 0.3) is 0 Å². The SMILES string of the molecule is N#Cc1cccc(NC2COCC2C(=O)O)n1. The third kappa shape index (κ3) is 2.52. The number of hydrogen-bond acceptors (Lipinski definition) is 5. The quantitative estimate of drug-likeness (QED) is 0.787. The van der Waals surface area contributed by atoms with E-state index in [1.54, 1.807) is 18.2 Å². The number of aromatic nitrogens is 1. The zero-order valence-corrected chi connectivity index (χ0v) is 8.96. The number of carboxylic acid groups (broad SMARTS) is 1. The summed E-state index contributed by atoms with van der Waals surface area (Å²) in [5, 5.41) is 20.7. The maximum atomic E-state index is 10.9. The van der Waals surface area contributed by atoms with Gasteiger partial charge < -0.3 is 15.2 Å². The monoisotopic (exact) mass is 233 g/mol. The Kier molecular flexibility index (Phi) is 3.21. The highest BCUT2D eigenvalue weighted by molar-refractivity contribution is 5.72. The first-order valence-electron chi connectivity index (χ1n) is 5.15. The van der Waals surface area contributed by atoms with E-state index in [2.05, 4.69) is 10.3 Å². The molecule has 2 unspecified atom stereocenters. The Morgan fingerprint density at radius 1 is 1.59 bits per heavy atom. The van der Waals surface area contributed by atoms with Crippen LogP contribution in [0.5, 0.6) is 0 Å². The maximum absolute atomic E-state index is 10.9. The summed E-state index contributed by atoms with van der Waals surface area (Å²) >= 11 is 0. The Labute approximate surface area is 97.8 Å². The van der Waals surface area contributed by atoms with E-state index in [0.29, 0.717) is 18.1 Å². The van der Waals surface area contributed by atoms with Crippen LogP contribution in [0.2, 0.25) is 0 Å². The lowest BCUT2D eigenvalue weighted by atomic mass is 10.0. The largest absolute Gasteiger partial charge is 0.481 e. The molecule has 2 heterocycles. The minimum Gasteiger partial charge on any atom is -0.481 e. The van der Waals surface area contributed by atoms with Crippen molar-refractivity contribution >= 4 is 11.8 Å². The number of nitriles is 1. The van der Waals surface area contributed by atoms with Gasteiger partial charge in [-0.25, -0.2) is 4.98 Å². The van der Waals surface area contributed by atoms with Gasteiger partial charge in [0.25, 0.3) is 0 Å². The Morgan fingerprint density at radius 2 is 2.41 bits per heavy atom. The number of nitrogens with zero attached hydrogens (tertiary/aromatic N) is 2. The molecule has 17 heavy (non-hydrogen) atoms. The van der Waals surface area contributed by atoms with Gasteiger partial charge in [0.1, 0.15) is 23.5 Å². The predicted molar refractivity (Wildman–Crippen MR) is 58.3 cm³/mol. The van der Waals surface area contributed by atoms with Gasteiger partial charge in [-0.3, -0.25) is 4.79 Å². The highest BCUT2D eigenvalue weighted by Gasteiger charge is 2.34. The van der Waals surface area contributed by atoms with E-state index in [9.17, 15) is 4.79 Å². The summed E-state index contributed by atoms with van der Waals surface area (Å²) < 4.78 is 5.12. The fraction of sp³-hybridized carbons (Fsp3) is 0.364. The Bertz CT molecular complexity index is 469. The number of ether oxygens (including phenoxy) is 1. The second-order valence-electron chi connectivity index (χ2n) is 3.75. The second kappa shape index (κ2) is 4.80. The highest BCUT2D eigenvalue weighted by atomic mass is 16.5. The highest BCUT2D eigenvalue weighted by Crippen LogP contribution is 2.18. The van der Waals surface area contributed by atoms with E-state index >= 15 is 0 Å². The third-order valence-electron chi connectivity index (χ3n) is 2.59. The number of nitrogens with one attached hydrogen (secondary N) is 1. The van der Waals surface area contributed by atoms with Crippen LogP contribution in [0.1, 0.15) is 5.69 Å². The van der Waals surface area contributed by atoms with Gasteiger partial charge >= 0.3 is 5.97 Å². The molecule has 0 saturated carbocycles. The standard InChI is InChI=1S/C11H11N3O3/c12-4-7-2-1-3-10(13-7)14-9-6-17-5-8(9)11(15)16/h1-3,8-9H,5-6H2,(H,13,14)(H,15,16). The van der Waals surface area contributed by atoms with Gasteiger partial charge in [-0.15, -0.1) is 0 Å². The van der Waals surface area contributed by atoms with Crippen LogP contribution in [-0.4, -0.2) is 35.3 Å². The van der Waals surface area contributed by atoms with Crippen LogP contribution < -0.4 is 5.32 Å². The molecule has 1 aliphatic rings. The van der Waals surface area contributed by atoms with Gasteiger partial charge in [0.05, 0.1) is 19.3 Å². The first-order chi connectivity index (χ1) is 8.20. The molecular weight excluding hydrogens is 222 g/mol. The summed E-state index contributed by atoms with van der Waals surface area (Å²) in [6.07, 6.45) is 0. The second-order valence-corrected chi connectivity index (χ2v) is 3.75. The normalized spacial score (nSPS) is 23.0. The smallest absolute Gasteiger partial charge is 0.311 e. The molecule has 0 bridgehead atoms. The van der Waals surface area contributed by atoms with Crippen molar-refractivity contribution in [2.24, 2.45) is 5.92 Å². The summed E-state index contributed by atoms with van der Waals surface area (Å²) in [6, 6.07) is 6.59. The Morgan fingerprint density at radius 3 is 3.12 bits per heavy atom. The van der Waals surface area contributed by atoms with Crippen LogP contribution in [0.4, 0.5) is 5.82 Å². The van der Waals surface area contributed by atoms with Gasteiger partial charge in [0.2, 0.25) is 0 Å². The van der Waals surface area contributed by atoms with Crippen LogP contribution in [0.15, 0.2) is 18.2 Å². The van der Waals surface area contributed by atoms with E-state index in [0.717, 1.165) is 0 Å². The van der Waals surface area contributed by atoms with Crippen molar-refractivity contribution in [3.05, 3.63) is 23.9 Å². The van der Waals surface area contributed by atoms with Gasteiger partial charge in [-0.05, 0) is 12.1 Å². The fourth-order valence-electron chi connectivity index (χ4n) is 1.71. The number of pyridine rings is 1. The van der Waals surface area contributed by atoms with Gasteiger partial charge in [-0.2, -0.15) is 5.26 Å². The molecule has 88 valence electrons. The summed E-state index contributed by atoms with van der Waals surface area (Å²) in [4.78, 5) is 15.0. The van der Waals surface area contributed by atoms with Crippen molar-refractivity contribution in [2.75, 3.05) is 18.5 Å². The summed E-state index contributed by atoms with van der Waals surface area (Å²) in [5.74, 6) is -0.982. The Balaban J connectivity index is 2.10. The number of hydrogen-bond donors (Lipinski definition) is 2. The number of carbonyl (C=O) groups is 1. The molecule has 0 amide bonds. The zero-order valence-electron chi connectivity index (χ0n) is 8.96. The predicted octanol–water partition coefficient (Wildman–Crippen LogP) is 0.465. The molecule has 1 aromatic rings. The van der Waals surface area contributed by atoms with Crippen molar-refractivity contribution < 1.29 is 14.6 Å². The van der Waals surface area contributed by atoms with Gasteiger partial charge in [0.15, 0.2) is 0 Å². The topological polar surface area (TPSA) is 95.2 Å². The molecule has 1 aliphatic heterocycles. The summed E-state index contributed by atoms with van der Waals surface area (Å²) in [6.45, 7) is 0.528. The molecule has 0 spiro atoms. The minimum atomic E-state index is -0.892. The van der Waals surface area contributed by atoms with Crippen molar-refractivity contribution in [2.45, 2.75) is 6.04 Å². The molecule has 0 aromatic carbocycles. The lowest BCUT2D eigenvalue weighted by molar-refractivity contribution is -0.141. The third-order valence-corrected chi connectivity index (χ3v) is 2.59. The van der Waals surface area contributed by atoms with E-state index < -0.39 is 11.9 Å². The molecule has 1 aromatic heterocycles. The van der Waals surface area contributed by atoms with E-state index in [-0.39, 0.29) is 12.6 Å². The lowest BCUT2D eigenvalue weighted by Crippen LogP contribution is -2.33. The van der Waals surface area contributed by atoms with Crippen molar-refractivity contribution in [3.63, 3.8) is 0 Å².